The van der Waals surface area contributed by atoms with Gasteiger partial charge in [0.1, 0.15) is 0 Å². The maximum absolute atomic E-state index is 12.0. The molecule has 7 nitrogen and oxygen atoms in total. The fourth-order valence-corrected chi connectivity index (χ4v) is 4.90. The van der Waals surface area contributed by atoms with Gasteiger partial charge < -0.3 is 14.8 Å². The number of carbonyl (C=O) groups excluding carboxylic acids is 1. The minimum absolute atomic E-state index is 0.0729. The lowest BCUT2D eigenvalue weighted by Gasteiger charge is -2.37. The fourth-order valence-electron chi connectivity index (χ4n) is 3.22. The number of amides is 1. The van der Waals surface area contributed by atoms with Crippen LogP contribution in [0.1, 0.15) is 19.3 Å². The zero-order valence-corrected chi connectivity index (χ0v) is 12.9. The average molecular weight is 318 g/mol. The second kappa shape index (κ2) is 5.83. The number of sulfone groups is 1. The molecule has 3 aliphatic rings. The number of nitrogens with one attached hydrogen (secondary N) is 1. The van der Waals surface area contributed by atoms with E-state index in [1.165, 1.54) is 0 Å². The summed E-state index contributed by atoms with van der Waals surface area (Å²) >= 11 is 0. The molecule has 0 bridgehead atoms. The molecule has 1 atom stereocenters. The molecule has 0 aromatic carbocycles. The molecule has 1 unspecified atom stereocenters. The summed E-state index contributed by atoms with van der Waals surface area (Å²) in [6, 6.07) is -0.222. The van der Waals surface area contributed by atoms with Crippen LogP contribution in [-0.2, 0) is 24.1 Å². The Morgan fingerprint density at radius 3 is 2.48 bits per heavy atom. The van der Waals surface area contributed by atoms with Gasteiger partial charge in [0.25, 0.3) is 0 Å². The first-order valence-corrected chi connectivity index (χ1v) is 9.29. The van der Waals surface area contributed by atoms with Crippen LogP contribution in [0.25, 0.3) is 0 Å². The second-order valence-electron chi connectivity index (χ2n) is 6.05. The van der Waals surface area contributed by atoms with Crippen molar-refractivity contribution < 1.29 is 22.7 Å². The Morgan fingerprint density at radius 1 is 1.24 bits per heavy atom. The molecular weight excluding hydrogens is 296 g/mol. The molecule has 0 radical (unpaired) electrons. The van der Waals surface area contributed by atoms with E-state index in [-0.39, 0.29) is 23.5 Å². The SMILES string of the molecule is O=C(CN1CCC2(CC1)OCCO2)NC1CCS(=O)(=O)C1. The van der Waals surface area contributed by atoms with Gasteiger partial charge in [-0.2, -0.15) is 0 Å². The topological polar surface area (TPSA) is 84.9 Å². The normalized spacial score (nSPS) is 31.5. The average Bonchev–Trinajstić information content (AvgIpc) is 3.00. The van der Waals surface area contributed by atoms with Crippen LogP contribution in [-0.4, -0.2) is 75.4 Å². The van der Waals surface area contributed by atoms with Crippen molar-refractivity contribution in [2.75, 3.05) is 44.4 Å². The standard InChI is InChI=1S/C13H22N2O5S/c16-12(14-11-1-8-21(17,18)10-11)9-15-4-2-13(3-5-15)19-6-7-20-13/h11H,1-10H2,(H,14,16). The van der Waals surface area contributed by atoms with E-state index in [1.54, 1.807) is 0 Å². The van der Waals surface area contributed by atoms with Crippen molar-refractivity contribution in [1.82, 2.24) is 10.2 Å². The molecule has 3 fully saturated rings. The Hall–Kier alpha value is -0.700. The molecular formula is C13H22N2O5S. The van der Waals surface area contributed by atoms with Crippen LogP contribution in [0.5, 0.6) is 0 Å². The van der Waals surface area contributed by atoms with Crippen LogP contribution < -0.4 is 5.32 Å². The molecule has 3 heterocycles. The van der Waals surface area contributed by atoms with Crippen molar-refractivity contribution in [1.29, 1.82) is 0 Å². The summed E-state index contributed by atoms with van der Waals surface area (Å²) in [5, 5.41) is 2.82. The summed E-state index contributed by atoms with van der Waals surface area (Å²) in [5.74, 6) is -0.268. The highest BCUT2D eigenvalue weighted by atomic mass is 32.2. The smallest absolute Gasteiger partial charge is 0.234 e. The van der Waals surface area contributed by atoms with Gasteiger partial charge >= 0.3 is 0 Å². The molecule has 8 heteroatoms. The Kier molecular flexibility index (Phi) is 4.22. The van der Waals surface area contributed by atoms with Crippen molar-refractivity contribution in [3.05, 3.63) is 0 Å². The molecule has 21 heavy (non-hydrogen) atoms. The van der Waals surface area contributed by atoms with E-state index in [9.17, 15) is 13.2 Å². The Balaban J connectivity index is 1.42. The molecule has 1 spiro atoms. The lowest BCUT2D eigenvalue weighted by molar-refractivity contribution is -0.185. The first-order valence-electron chi connectivity index (χ1n) is 7.46. The fraction of sp³-hybridized carbons (Fsp3) is 0.923. The number of piperidine rings is 1. The maximum Gasteiger partial charge on any atom is 0.234 e. The van der Waals surface area contributed by atoms with Crippen LogP contribution >= 0.6 is 0 Å². The van der Waals surface area contributed by atoms with Crippen LogP contribution in [0.4, 0.5) is 0 Å². The predicted molar refractivity (Wildman–Crippen MR) is 75.5 cm³/mol. The number of hydrogen-bond acceptors (Lipinski definition) is 6. The zero-order chi connectivity index (χ0) is 14.9. The minimum atomic E-state index is -2.95. The number of ether oxygens (including phenoxy) is 2. The van der Waals surface area contributed by atoms with Gasteiger partial charge in [-0.05, 0) is 6.42 Å². The van der Waals surface area contributed by atoms with Crippen molar-refractivity contribution in [3.63, 3.8) is 0 Å². The van der Waals surface area contributed by atoms with Crippen molar-refractivity contribution >= 4 is 15.7 Å². The van der Waals surface area contributed by atoms with E-state index in [0.29, 0.717) is 26.2 Å². The predicted octanol–water partition coefficient (Wildman–Crippen LogP) is -0.871. The molecule has 0 aromatic rings. The van der Waals surface area contributed by atoms with Crippen LogP contribution in [0.3, 0.4) is 0 Å². The largest absolute Gasteiger partial charge is 0.351 e. The lowest BCUT2D eigenvalue weighted by atomic mass is 10.0. The van der Waals surface area contributed by atoms with Gasteiger partial charge in [-0.1, -0.05) is 0 Å². The number of rotatable bonds is 3. The lowest BCUT2D eigenvalue weighted by Crippen LogP contribution is -2.49. The number of hydrogen-bond donors (Lipinski definition) is 1. The Labute approximate surface area is 124 Å². The molecule has 120 valence electrons. The highest BCUT2D eigenvalue weighted by molar-refractivity contribution is 7.91. The first kappa shape index (κ1) is 15.2. The summed E-state index contributed by atoms with van der Waals surface area (Å²) < 4.78 is 34.0. The Bertz CT molecular complexity index is 491. The number of carbonyl (C=O) groups is 1. The maximum atomic E-state index is 12.0. The third kappa shape index (κ3) is 3.74. The molecule has 3 saturated heterocycles. The molecule has 0 aliphatic carbocycles. The van der Waals surface area contributed by atoms with Crippen molar-refractivity contribution in [2.24, 2.45) is 0 Å². The highest BCUT2D eigenvalue weighted by Crippen LogP contribution is 2.30. The summed E-state index contributed by atoms with van der Waals surface area (Å²) in [6.07, 6.45) is 2.08. The molecule has 0 aromatic heterocycles. The van der Waals surface area contributed by atoms with E-state index in [4.69, 9.17) is 9.47 Å². The zero-order valence-electron chi connectivity index (χ0n) is 12.0. The number of likely N-dealkylation sites (tertiary alicyclic amines) is 1. The van der Waals surface area contributed by atoms with Crippen LogP contribution in [0.2, 0.25) is 0 Å². The quantitative estimate of drug-likeness (QED) is 0.728. The van der Waals surface area contributed by atoms with Crippen LogP contribution in [0.15, 0.2) is 0 Å². The molecule has 3 rings (SSSR count). The molecule has 3 aliphatic heterocycles. The molecule has 1 N–H and O–H groups in total. The second-order valence-corrected chi connectivity index (χ2v) is 8.28. The first-order chi connectivity index (χ1) is 9.96. The minimum Gasteiger partial charge on any atom is -0.351 e. The third-order valence-electron chi connectivity index (χ3n) is 4.40. The Morgan fingerprint density at radius 2 is 1.90 bits per heavy atom. The van der Waals surface area contributed by atoms with Gasteiger partial charge in [-0.3, -0.25) is 9.69 Å². The number of nitrogens with zero attached hydrogens (tertiary/aromatic N) is 1. The van der Waals surface area contributed by atoms with Gasteiger partial charge in [0.05, 0.1) is 31.3 Å². The van der Waals surface area contributed by atoms with E-state index in [2.05, 4.69) is 10.2 Å². The van der Waals surface area contributed by atoms with Crippen LogP contribution in [0, 0.1) is 0 Å². The molecule has 0 saturated carbocycles. The molecule has 1 amide bonds. The summed E-state index contributed by atoms with van der Waals surface area (Å²) in [5.41, 5.74) is 0. The van der Waals surface area contributed by atoms with Gasteiger partial charge in [0.2, 0.25) is 5.91 Å². The monoisotopic (exact) mass is 318 g/mol. The summed E-state index contributed by atoms with van der Waals surface area (Å²) in [7, 11) is -2.95. The summed E-state index contributed by atoms with van der Waals surface area (Å²) in [6.45, 7) is 3.13. The van der Waals surface area contributed by atoms with E-state index in [0.717, 1.165) is 25.9 Å². The summed E-state index contributed by atoms with van der Waals surface area (Å²) in [4.78, 5) is 14.0. The van der Waals surface area contributed by atoms with Crippen molar-refractivity contribution in [2.45, 2.75) is 31.1 Å². The van der Waals surface area contributed by atoms with Gasteiger partial charge in [0.15, 0.2) is 15.6 Å². The highest BCUT2D eigenvalue weighted by Gasteiger charge is 2.40. The van der Waals surface area contributed by atoms with Gasteiger partial charge in [-0.25, -0.2) is 8.42 Å². The van der Waals surface area contributed by atoms with E-state index >= 15 is 0 Å². The van der Waals surface area contributed by atoms with Gasteiger partial charge in [-0.15, -0.1) is 0 Å². The van der Waals surface area contributed by atoms with Gasteiger partial charge in [0, 0.05) is 32.0 Å². The third-order valence-corrected chi connectivity index (χ3v) is 6.16. The van der Waals surface area contributed by atoms with E-state index < -0.39 is 15.6 Å². The van der Waals surface area contributed by atoms with E-state index in [1.807, 2.05) is 0 Å². The van der Waals surface area contributed by atoms with Crippen molar-refractivity contribution in [3.8, 4) is 0 Å².